The van der Waals surface area contributed by atoms with Gasteiger partial charge in [-0.25, -0.2) is 0 Å². The fourth-order valence-corrected chi connectivity index (χ4v) is 8.82. The highest BCUT2D eigenvalue weighted by Gasteiger charge is 2.67. The minimum absolute atomic E-state index is 0.0299. The Labute approximate surface area is 186 Å². The minimum atomic E-state index is -0.823. The van der Waals surface area contributed by atoms with Crippen LogP contribution in [0.15, 0.2) is 0 Å². The Morgan fingerprint density at radius 1 is 1.00 bits per heavy atom. The van der Waals surface area contributed by atoms with Crippen LogP contribution in [0.3, 0.4) is 0 Å². The van der Waals surface area contributed by atoms with Crippen molar-refractivity contribution in [3.05, 3.63) is 0 Å². The molecule has 12 atom stereocenters. The van der Waals surface area contributed by atoms with Gasteiger partial charge in [-0.2, -0.15) is 0 Å². The van der Waals surface area contributed by atoms with Crippen LogP contribution in [0.2, 0.25) is 0 Å². The number of hydrogen-bond donors (Lipinski definition) is 4. The molecule has 4 saturated carbocycles. The number of fused-ring (bicyclic) bond motifs is 5. The van der Waals surface area contributed by atoms with E-state index in [1.54, 1.807) is 0 Å². The van der Waals surface area contributed by atoms with Crippen molar-refractivity contribution < 1.29 is 30.0 Å². The Hall–Kier alpha value is -0.690. The van der Waals surface area contributed by atoms with Crippen LogP contribution in [0.4, 0.5) is 0 Å². The molecule has 0 aliphatic heterocycles. The molecule has 0 aromatic heterocycles. The average molecular weight is 439 g/mol. The van der Waals surface area contributed by atoms with Crippen LogP contribution in [0.1, 0.15) is 72.1 Å². The summed E-state index contributed by atoms with van der Waals surface area (Å²) in [6.07, 6.45) is 3.27. The van der Waals surface area contributed by atoms with Gasteiger partial charge in [0.2, 0.25) is 0 Å². The van der Waals surface area contributed by atoms with Crippen molar-refractivity contribution in [2.45, 2.75) is 96.6 Å². The number of rotatable bonds is 4. The number of aliphatic hydroxyl groups is 4. The third kappa shape index (κ3) is 3.48. The van der Waals surface area contributed by atoms with Gasteiger partial charge in [-0.3, -0.25) is 4.79 Å². The summed E-state index contributed by atoms with van der Waals surface area (Å²) in [7, 11) is 1.42. The van der Waals surface area contributed by atoms with Crippen molar-refractivity contribution >= 4 is 5.97 Å². The van der Waals surface area contributed by atoms with E-state index < -0.39 is 24.4 Å². The lowest BCUT2D eigenvalue weighted by Gasteiger charge is -2.64. The molecule has 0 saturated heterocycles. The molecule has 31 heavy (non-hydrogen) atoms. The maximum Gasteiger partial charge on any atom is 0.305 e. The van der Waals surface area contributed by atoms with Gasteiger partial charge in [0, 0.05) is 6.42 Å². The van der Waals surface area contributed by atoms with Gasteiger partial charge in [-0.15, -0.1) is 0 Å². The van der Waals surface area contributed by atoms with E-state index in [1.807, 2.05) is 0 Å². The van der Waals surface area contributed by atoms with Gasteiger partial charge in [0.1, 0.15) is 0 Å². The number of methoxy groups -OCH3 is 1. The molecule has 0 spiro atoms. The zero-order valence-corrected chi connectivity index (χ0v) is 19.5. The van der Waals surface area contributed by atoms with Crippen molar-refractivity contribution in [3.8, 4) is 0 Å². The van der Waals surface area contributed by atoms with Gasteiger partial charge in [-0.05, 0) is 91.3 Å². The summed E-state index contributed by atoms with van der Waals surface area (Å²) >= 11 is 0. The molecule has 0 radical (unpaired) electrons. The van der Waals surface area contributed by atoms with Gasteiger partial charge in [0.15, 0.2) is 0 Å². The topological polar surface area (TPSA) is 107 Å². The second-order valence-corrected chi connectivity index (χ2v) is 11.7. The molecule has 0 amide bonds. The Kier molecular flexibility index (Phi) is 6.26. The molecular formula is C25H42O6. The van der Waals surface area contributed by atoms with E-state index in [-0.39, 0.29) is 52.3 Å². The van der Waals surface area contributed by atoms with E-state index in [4.69, 9.17) is 4.74 Å². The predicted molar refractivity (Wildman–Crippen MR) is 116 cm³/mol. The smallest absolute Gasteiger partial charge is 0.305 e. The zero-order chi connectivity index (χ0) is 22.7. The average Bonchev–Trinajstić information content (AvgIpc) is 3.10. The van der Waals surface area contributed by atoms with Crippen LogP contribution < -0.4 is 0 Å². The van der Waals surface area contributed by atoms with Gasteiger partial charge in [-0.1, -0.05) is 20.8 Å². The van der Waals surface area contributed by atoms with E-state index in [1.165, 1.54) is 7.11 Å². The fourth-order valence-electron chi connectivity index (χ4n) is 8.82. The van der Waals surface area contributed by atoms with Crippen molar-refractivity contribution in [2.75, 3.05) is 7.11 Å². The summed E-state index contributed by atoms with van der Waals surface area (Å²) in [5, 5.41) is 44.2. The van der Waals surface area contributed by atoms with E-state index in [0.29, 0.717) is 19.3 Å². The first kappa shape index (κ1) is 23.5. The monoisotopic (exact) mass is 438 g/mol. The Bertz CT molecular complexity index is 683. The van der Waals surface area contributed by atoms with Crippen molar-refractivity contribution in [3.63, 3.8) is 0 Å². The quantitative estimate of drug-likeness (QED) is 0.503. The van der Waals surface area contributed by atoms with Crippen LogP contribution in [0.5, 0.6) is 0 Å². The number of hydrogen-bond acceptors (Lipinski definition) is 6. The third-order valence-corrected chi connectivity index (χ3v) is 10.6. The zero-order valence-electron chi connectivity index (χ0n) is 19.5. The molecular weight excluding hydrogens is 396 g/mol. The highest BCUT2D eigenvalue weighted by atomic mass is 16.5. The number of ether oxygens (including phenoxy) is 1. The molecule has 6 nitrogen and oxygen atoms in total. The van der Waals surface area contributed by atoms with Crippen molar-refractivity contribution in [1.82, 2.24) is 0 Å². The standard InChI is InChI=1S/C25H42O6/c1-13(5-8-20(28)31-4)15-6-7-16-21-17(12-19(27)25(15,16)3)24(2)10-9-14(26)11-18(24)22(29)23(21)30/h13-19,21-23,26-27,29-30H,5-12H2,1-4H3/t13-,14?,15+,16?,17?,18+,19-,21?,22-,23?,24+,25+/m0/s1. The molecule has 4 rings (SSSR count). The lowest BCUT2D eigenvalue weighted by Crippen LogP contribution is -2.66. The molecule has 0 aromatic carbocycles. The van der Waals surface area contributed by atoms with Crippen LogP contribution >= 0.6 is 0 Å². The molecule has 4 fully saturated rings. The molecule has 4 aliphatic rings. The number of carbonyl (C=O) groups excluding carboxylic acids is 1. The molecule has 0 heterocycles. The number of esters is 1. The van der Waals surface area contributed by atoms with E-state index in [2.05, 4.69) is 20.8 Å². The minimum Gasteiger partial charge on any atom is -0.469 e. The SMILES string of the molecule is COC(=O)CC[C@H](C)[C@H]1CCC2C3C(O)[C@@H](O)[C@H]4CC(O)CC[C@]4(C)C3C[C@H](O)[C@@]21C. The molecule has 178 valence electrons. The van der Waals surface area contributed by atoms with Crippen molar-refractivity contribution in [1.29, 1.82) is 0 Å². The summed E-state index contributed by atoms with van der Waals surface area (Å²) in [4.78, 5) is 11.7. The summed E-state index contributed by atoms with van der Waals surface area (Å²) in [5.41, 5.74) is -0.492. The molecule has 0 aromatic rings. The van der Waals surface area contributed by atoms with Gasteiger partial charge >= 0.3 is 5.97 Å². The molecule has 4 N–H and O–H groups in total. The highest BCUT2D eigenvalue weighted by Crippen LogP contribution is 2.68. The molecule has 4 aliphatic carbocycles. The summed E-state index contributed by atoms with van der Waals surface area (Å²) < 4.78 is 4.81. The summed E-state index contributed by atoms with van der Waals surface area (Å²) in [6.45, 7) is 6.58. The first-order valence-electron chi connectivity index (χ1n) is 12.3. The first-order valence-corrected chi connectivity index (χ1v) is 12.3. The Morgan fingerprint density at radius 2 is 1.71 bits per heavy atom. The van der Waals surface area contributed by atoms with Crippen molar-refractivity contribution in [2.24, 2.45) is 46.3 Å². The Morgan fingerprint density at radius 3 is 2.39 bits per heavy atom. The second-order valence-electron chi connectivity index (χ2n) is 11.7. The fraction of sp³-hybridized carbons (Fsp3) is 0.960. The van der Waals surface area contributed by atoms with Crippen LogP contribution in [0, 0.1) is 46.3 Å². The molecule has 6 heteroatoms. The first-order chi connectivity index (χ1) is 14.6. The van der Waals surface area contributed by atoms with Gasteiger partial charge in [0.25, 0.3) is 0 Å². The van der Waals surface area contributed by atoms with Crippen LogP contribution in [-0.4, -0.2) is 57.9 Å². The maximum atomic E-state index is 11.7. The third-order valence-electron chi connectivity index (χ3n) is 10.6. The van der Waals surface area contributed by atoms with Gasteiger partial charge in [0.05, 0.1) is 31.5 Å². The van der Waals surface area contributed by atoms with E-state index in [0.717, 1.165) is 32.1 Å². The highest BCUT2D eigenvalue weighted by molar-refractivity contribution is 5.69. The molecule has 5 unspecified atom stereocenters. The van der Waals surface area contributed by atoms with Crippen LogP contribution in [0.25, 0.3) is 0 Å². The van der Waals surface area contributed by atoms with E-state index >= 15 is 0 Å². The molecule has 0 bridgehead atoms. The van der Waals surface area contributed by atoms with E-state index in [9.17, 15) is 25.2 Å². The summed E-state index contributed by atoms with van der Waals surface area (Å²) in [6, 6.07) is 0. The Balaban J connectivity index is 1.61. The number of aliphatic hydroxyl groups excluding tert-OH is 4. The maximum absolute atomic E-state index is 11.7. The normalized spacial score (nSPS) is 52.6. The predicted octanol–water partition coefficient (Wildman–Crippen LogP) is 2.51. The van der Waals surface area contributed by atoms with Gasteiger partial charge < -0.3 is 25.2 Å². The second kappa shape index (κ2) is 8.27. The lowest BCUT2D eigenvalue weighted by atomic mass is 9.42. The summed E-state index contributed by atoms with van der Waals surface area (Å²) in [5.74, 6) is 0.514. The van der Waals surface area contributed by atoms with Crippen LogP contribution in [-0.2, 0) is 9.53 Å². The largest absolute Gasteiger partial charge is 0.469 e. The number of carbonyl (C=O) groups is 1. The lowest BCUT2D eigenvalue weighted by molar-refractivity contribution is -0.243.